The van der Waals surface area contributed by atoms with Gasteiger partial charge in [0.05, 0.1) is 7.11 Å². The molecule has 0 aliphatic heterocycles. The van der Waals surface area contributed by atoms with E-state index in [-0.39, 0.29) is 5.91 Å². The van der Waals surface area contributed by atoms with Crippen LogP contribution in [0.2, 0.25) is 0 Å². The van der Waals surface area contributed by atoms with Gasteiger partial charge >= 0.3 is 0 Å². The minimum atomic E-state index is -0.101. The number of benzene rings is 3. The molecular formula is C24H25NO3. The fraction of sp³-hybridized carbons (Fsp3) is 0.208. The Kier molecular flexibility index (Phi) is 6.68. The van der Waals surface area contributed by atoms with Crippen molar-refractivity contribution in [2.24, 2.45) is 0 Å². The van der Waals surface area contributed by atoms with Crippen LogP contribution in [0.4, 0.5) is 0 Å². The Labute approximate surface area is 166 Å². The second-order valence-corrected chi connectivity index (χ2v) is 6.57. The van der Waals surface area contributed by atoms with Gasteiger partial charge in [0.2, 0.25) is 0 Å². The minimum Gasteiger partial charge on any atom is -0.496 e. The van der Waals surface area contributed by atoms with E-state index >= 15 is 0 Å². The molecule has 3 rings (SSSR count). The van der Waals surface area contributed by atoms with Gasteiger partial charge in [0, 0.05) is 17.7 Å². The number of carbonyl (C=O) groups is 1. The molecule has 3 aromatic rings. The lowest BCUT2D eigenvalue weighted by molar-refractivity contribution is 0.0954. The van der Waals surface area contributed by atoms with E-state index in [4.69, 9.17) is 9.47 Å². The maximum Gasteiger partial charge on any atom is 0.251 e. The van der Waals surface area contributed by atoms with Crippen LogP contribution >= 0.6 is 0 Å². The summed E-state index contributed by atoms with van der Waals surface area (Å²) in [4.78, 5) is 12.5. The van der Waals surface area contributed by atoms with E-state index in [1.54, 1.807) is 13.2 Å². The molecule has 4 heteroatoms. The zero-order valence-electron chi connectivity index (χ0n) is 16.3. The van der Waals surface area contributed by atoms with Crippen molar-refractivity contribution in [3.8, 4) is 11.5 Å². The van der Waals surface area contributed by atoms with E-state index in [0.717, 1.165) is 23.3 Å². The Hall–Kier alpha value is -3.27. The van der Waals surface area contributed by atoms with Gasteiger partial charge in [-0.1, -0.05) is 48.5 Å². The Morgan fingerprint density at radius 2 is 1.68 bits per heavy atom. The van der Waals surface area contributed by atoms with Crippen LogP contribution in [0.5, 0.6) is 11.5 Å². The maximum absolute atomic E-state index is 12.5. The van der Waals surface area contributed by atoms with E-state index in [2.05, 4.69) is 17.4 Å². The van der Waals surface area contributed by atoms with Crippen LogP contribution in [-0.4, -0.2) is 19.6 Å². The third-order valence-corrected chi connectivity index (χ3v) is 4.56. The summed E-state index contributed by atoms with van der Waals surface area (Å²) in [7, 11) is 1.62. The molecule has 144 valence electrons. The number of ether oxygens (including phenoxy) is 2. The van der Waals surface area contributed by atoms with Crippen molar-refractivity contribution in [1.82, 2.24) is 5.32 Å². The molecule has 0 unspecified atom stereocenters. The van der Waals surface area contributed by atoms with E-state index in [1.807, 2.05) is 61.5 Å². The van der Waals surface area contributed by atoms with Gasteiger partial charge in [-0.05, 0) is 48.7 Å². The molecule has 0 aliphatic carbocycles. The van der Waals surface area contributed by atoms with Crippen molar-refractivity contribution < 1.29 is 14.3 Å². The molecule has 0 heterocycles. The fourth-order valence-electron chi connectivity index (χ4n) is 2.97. The average Bonchev–Trinajstić information content (AvgIpc) is 2.73. The van der Waals surface area contributed by atoms with E-state index in [9.17, 15) is 4.79 Å². The maximum atomic E-state index is 12.5. The lowest BCUT2D eigenvalue weighted by atomic mass is 10.1. The average molecular weight is 375 g/mol. The van der Waals surface area contributed by atoms with Crippen LogP contribution in [-0.2, 0) is 13.0 Å². The first kappa shape index (κ1) is 19.5. The van der Waals surface area contributed by atoms with Crippen LogP contribution in [0.3, 0.4) is 0 Å². The molecule has 0 fully saturated rings. The van der Waals surface area contributed by atoms with Crippen LogP contribution < -0.4 is 14.8 Å². The molecule has 0 bridgehead atoms. The third kappa shape index (κ3) is 5.13. The number of nitrogens with one attached hydrogen (secondary N) is 1. The Morgan fingerprint density at radius 3 is 2.43 bits per heavy atom. The number of hydrogen-bond acceptors (Lipinski definition) is 3. The number of hydrogen-bond donors (Lipinski definition) is 1. The van der Waals surface area contributed by atoms with E-state index < -0.39 is 0 Å². The summed E-state index contributed by atoms with van der Waals surface area (Å²) < 4.78 is 11.4. The molecule has 0 aromatic heterocycles. The molecule has 28 heavy (non-hydrogen) atoms. The summed E-state index contributed by atoms with van der Waals surface area (Å²) in [5, 5.41) is 2.97. The molecule has 0 saturated carbocycles. The smallest absolute Gasteiger partial charge is 0.251 e. The van der Waals surface area contributed by atoms with Gasteiger partial charge in [0.15, 0.2) is 0 Å². The first-order valence-electron chi connectivity index (χ1n) is 9.35. The van der Waals surface area contributed by atoms with Gasteiger partial charge in [-0.15, -0.1) is 0 Å². The number of aryl methyl sites for hydroxylation is 1. The highest BCUT2D eigenvalue weighted by Gasteiger charge is 2.11. The van der Waals surface area contributed by atoms with Gasteiger partial charge in [0.1, 0.15) is 18.1 Å². The van der Waals surface area contributed by atoms with Crippen LogP contribution in [0.1, 0.15) is 27.0 Å². The fourth-order valence-corrected chi connectivity index (χ4v) is 2.97. The topological polar surface area (TPSA) is 47.6 Å². The molecular weight excluding hydrogens is 350 g/mol. The van der Waals surface area contributed by atoms with Crippen molar-refractivity contribution in [3.63, 3.8) is 0 Å². The zero-order valence-corrected chi connectivity index (χ0v) is 16.3. The van der Waals surface area contributed by atoms with Crippen LogP contribution in [0.25, 0.3) is 0 Å². The molecule has 3 aromatic carbocycles. The predicted molar refractivity (Wildman–Crippen MR) is 111 cm³/mol. The highest BCUT2D eigenvalue weighted by Crippen LogP contribution is 2.24. The monoisotopic (exact) mass is 375 g/mol. The van der Waals surface area contributed by atoms with Crippen molar-refractivity contribution in [2.75, 3.05) is 13.7 Å². The number of amides is 1. The largest absolute Gasteiger partial charge is 0.496 e. The number of carbonyl (C=O) groups excluding carboxylic acids is 1. The molecule has 0 atom stereocenters. The molecule has 1 amide bonds. The van der Waals surface area contributed by atoms with Crippen molar-refractivity contribution in [3.05, 3.63) is 95.1 Å². The normalized spacial score (nSPS) is 10.4. The zero-order chi connectivity index (χ0) is 19.8. The second kappa shape index (κ2) is 9.60. The Morgan fingerprint density at radius 1 is 0.929 bits per heavy atom. The van der Waals surface area contributed by atoms with Gasteiger partial charge in [-0.2, -0.15) is 0 Å². The van der Waals surface area contributed by atoms with E-state index in [1.165, 1.54) is 5.56 Å². The number of methoxy groups -OCH3 is 1. The molecule has 1 N–H and O–H groups in total. The van der Waals surface area contributed by atoms with Gasteiger partial charge in [0.25, 0.3) is 5.91 Å². The quantitative estimate of drug-likeness (QED) is 0.628. The van der Waals surface area contributed by atoms with Gasteiger partial charge < -0.3 is 14.8 Å². The summed E-state index contributed by atoms with van der Waals surface area (Å²) in [5.41, 5.74) is 3.69. The first-order chi connectivity index (χ1) is 13.7. The summed E-state index contributed by atoms with van der Waals surface area (Å²) in [6.07, 6.45) is 0.798. The predicted octanol–water partition coefficient (Wildman–Crippen LogP) is 4.56. The number of rotatable bonds is 8. The summed E-state index contributed by atoms with van der Waals surface area (Å²) in [6, 6.07) is 23.4. The SMILES string of the molecule is COc1ccc(C(=O)NCCc2ccccc2)cc1COc1ccccc1C. The van der Waals surface area contributed by atoms with Gasteiger partial charge in [-0.25, -0.2) is 0 Å². The van der Waals surface area contributed by atoms with Gasteiger partial charge in [-0.3, -0.25) is 4.79 Å². The molecule has 4 nitrogen and oxygen atoms in total. The summed E-state index contributed by atoms with van der Waals surface area (Å²) in [5.74, 6) is 1.42. The minimum absolute atomic E-state index is 0.101. The van der Waals surface area contributed by atoms with Crippen molar-refractivity contribution >= 4 is 5.91 Å². The van der Waals surface area contributed by atoms with E-state index in [0.29, 0.717) is 24.5 Å². The lowest BCUT2D eigenvalue weighted by Gasteiger charge is -2.13. The first-order valence-corrected chi connectivity index (χ1v) is 9.35. The lowest BCUT2D eigenvalue weighted by Crippen LogP contribution is -2.25. The third-order valence-electron chi connectivity index (χ3n) is 4.56. The molecule has 0 saturated heterocycles. The Balaban J connectivity index is 1.64. The summed E-state index contributed by atoms with van der Waals surface area (Å²) >= 11 is 0. The molecule has 0 radical (unpaired) electrons. The molecule has 0 aliphatic rings. The standard InChI is InChI=1S/C24H25NO3/c1-18-8-6-7-11-22(18)28-17-21-16-20(12-13-23(21)27-2)24(26)25-15-14-19-9-4-3-5-10-19/h3-13,16H,14-15,17H2,1-2H3,(H,25,26). The summed E-state index contributed by atoms with van der Waals surface area (Å²) in [6.45, 7) is 2.92. The second-order valence-electron chi connectivity index (χ2n) is 6.57. The highest BCUT2D eigenvalue weighted by molar-refractivity contribution is 5.94. The Bertz CT molecular complexity index is 922. The van der Waals surface area contributed by atoms with Crippen LogP contribution in [0.15, 0.2) is 72.8 Å². The van der Waals surface area contributed by atoms with Crippen molar-refractivity contribution in [1.29, 1.82) is 0 Å². The van der Waals surface area contributed by atoms with Crippen LogP contribution in [0, 0.1) is 6.92 Å². The van der Waals surface area contributed by atoms with Crippen molar-refractivity contribution in [2.45, 2.75) is 20.0 Å². The number of para-hydroxylation sites is 1. The highest BCUT2D eigenvalue weighted by atomic mass is 16.5. The molecule has 0 spiro atoms.